The van der Waals surface area contributed by atoms with Gasteiger partial charge < -0.3 is 10.0 Å². The molecule has 1 aliphatic rings. The first-order valence-electron chi connectivity index (χ1n) is 4.74. The smallest absolute Gasteiger partial charge is 0.335 e. The summed E-state index contributed by atoms with van der Waals surface area (Å²) in [7, 11) is 2.01. The predicted octanol–water partition coefficient (Wildman–Crippen LogP) is 1.98. The highest BCUT2D eigenvalue weighted by atomic mass is 16.4. The molecule has 1 saturated carbocycles. The number of carboxylic acid groups (broad SMARTS) is 1. The molecular weight excluding hydrogens is 178 g/mol. The van der Waals surface area contributed by atoms with Crippen molar-refractivity contribution in [2.75, 3.05) is 11.9 Å². The molecule has 0 radical (unpaired) electrons. The monoisotopic (exact) mass is 191 g/mol. The van der Waals surface area contributed by atoms with Gasteiger partial charge in [-0.05, 0) is 31.0 Å². The summed E-state index contributed by atoms with van der Waals surface area (Å²) in [4.78, 5) is 12.9. The quantitative estimate of drug-likeness (QED) is 0.794. The first kappa shape index (κ1) is 9.06. The summed E-state index contributed by atoms with van der Waals surface area (Å²) in [5, 5.41) is 8.83. The standard InChI is InChI=1S/C11H13NO2/c1-12(9-5-6-9)10-4-2-3-8(7-10)11(13)14/h2-4,7,9H,5-6H2,1H3,(H,13,14). The number of rotatable bonds is 3. The zero-order chi connectivity index (χ0) is 10.1. The van der Waals surface area contributed by atoms with Crippen molar-refractivity contribution < 1.29 is 9.90 Å². The van der Waals surface area contributed by atoms with E-state index in [9.17, 15) is 4.79 Å². The van der Waals surface area contributed by atoms with E-state index in [-0.39, 0.29) is 0 Å². The van der Waals surface area contributed by atoms with Crippen LogP contribution in [0.1, 0.15) is 23.2 Å². The molecule has 1 aromatic rings. The first-order chi connectivity index (χ1) is 6.68. The summed E-state index contributed by atoms with van der Waals surface area (Å²) in [5.74, 6) is -0.865. The highest BCUT2D eigenvalue weighted by molar-refractivity contribution is 5.88. The molecule has 0 atom stereocenters. The molecule has 0 heterocycles. The summed E-state index contributed by atoms with van der Waals surface area (Å²) in [5.41, 5.74) is 1.35. The second-order valence-electron chi connectivity index (χ2n) is 3.70. The molecule has 0 aliphatic heterocycles. The van der Waals surface area contributed by atoms with Crippen molar-refractivity contribution in [3.8, 4) is 0 Å². The van der Waals surface area contributed by atoms with Crippen molar-refractivity contribution in [2.24, 2.45) is 0 Å². The topological polar surface area (TPSA) is 40.5 Å². The number of carboxylic acids is 1. The Labute approximate surface area is 83.0 Å². The summed E-state index contributed by atoms with van der Waals surface area (Å²) >= 11 is 0. The van der Waals surface area contributed by atoms with Gasteiger partial charge in [0.05, 0.1) is 5.56 Å². The van der Waals surface area contributed by atoms with Crippen molar-refractivity contribution >= 4 is 11.7 Å². The third-order valence-electron chi connectivity index (χ3n) is 2.59. The van der Waals surface area contributed by atoms with Gasteiger partial charge in [0.25, 0.3) is 0 Å². The van der Waals surface area contributed by atoms with E-state index in [1.807, 2.05) is 13.1 Å². The maximum Gasteiger partial charge on any atom is 0.335 e. The molecule has 0 bridgehead atoms. The van der Waals surface area contributed by atoms with Crippen LogP contribution in [-0.4, -0.2) is 24.2 Å². The van der Waals surface area contributed by atoms with Crippen LogP contribution in [0.2, 0.25) is 0 Å². The minimum atomic E-state index is -0.865. The fourth-order valence-electron chi connectivity index (χ4n) is 1.53. The van der Waals surface area contributed by atoms with Gasteiger partial charge in [-0.1, -0.05) is 6.07 Å². The molecular formula is C11H13NO2. The molecule has 2 rings (SSSR count). The van der Waals surface area contributed by atoms with Crippen LogP contribution in [0.15, 0.2) is 24.3 Å². The predicted molar refractivity (Wildman–Crippen MR) is 54.8 cm³/mol. The van der Waals surface area contributed by atoms with E-state index >= 15 is 0 Å². The number of carbonyl (C=O) groups is 1. The highest BCUT2D eigenvalue weighted by Gasteiger charge is 2.26. The van der Waals surface area contributed by atoms with Gasteiger partial charge >= 0.3 is 5.97 Å². The second-order valence-corrected chi connectivity index (χ2v) is 3.70. The van der Waals surface area contributed by atoms with Gasteiger partial charge in [-0.3, -0.25) is 0 Å². The number of anilines is 1. The van der Waals surface area contributed by atoms with E-state index in [0.717, 1.165) is 5.69 Å². The normalized spacial score (nSPS) is 15.2. The summed E-state index contributed by atoms with van der Waals surface area (Å²) in [6.45, 7) is 0. The Balaban J connectivity index is 2.24. The van der Waals surface area contributed by atoms with Gasteiger partial charge in [0.1, 0.15) is 0 Å². The molecule has 74 valence electrons. The summed E-state index contributed by atoms with van der Waals surface area (Å²) in [6, 6.07) is 7.69. The number of hydrogen-bond donors (Lipinski definition) is 1. The fourth-order valence-corrected chi connectivity index (χ4v) is 1.53. The van der Waals surface area contributed by atoms with Gasteiger partial charge in [-0.2, -0.15) is 0 Å². The van der Waals surface area contributed by atoms with Crippen LogP contribution >= 0.6 is 0 Å². The number of benzene rings is 1. The number of hydrogen-bond acceptors (Lipinski definition) is 2. The second kappa shape index (κ2) is 3.33. The van der Waals surface area contributed by atoms with Crippen LogP contribution in [0.25, 0.3) is 0 Å². The zero-order valence-corrected chi connectivity index (χ0v) is 8.10. The van der Waals surface area contributed by atoms with Gasteiger partial charge in [0.15, 0.2) is 0 Å². The van der Waals surface area contributed by atoms with Crippen LogP contribution in [0.5, 0.6) is 0 Å². The lowest BCUT2D eigenvalue weighted by Crippen LogP contribution is -2.19. The molecule has 1 N–H and O–H groups in total. The molecule has 3 heteroatoms. The lowest BCUT2D eigenvalue weighted by molar-refractivity contribution is 0.0697. The van der Waals surface area contributed by atoms with Crippen molar-refractivity contribution in [1.82, 2.24) is 0 Å². The molecule has 0 aromatic heterocycles. The van der Waals surface area contributed by atoms with E-state index in [0.29, 0.717) is 11.6 Å². The Morgan fingerprint density at radius 1 is 1.50 bits per heavy atom. The van der Waals surface area contributed by atoms with Crippen LogP contribution < -0.4 is 4.90 Å². The van der Waals surface area contributed by atoms with Crippen molar-refractivity contribution in [3.05, 3.63) is 29.8 Å². The van der Waals surface area contributed by atoms with E-state index in [2.05, 4.69) is 4.90 Å². The Morgan fingerprint density at radius 3 is 2.79 bits per heavy atom. The van der Waals surface area contributed by atoms with Crippen LogP contribution in [0.3, 0.4) is 0 Å². The van der Waals surface area contributed by atoms with E-state index in [4.69, 9.17) is 5.11 Å². The average Bonchev–Trinajstić information content (AvgIpc) is 3.00. The van der Waals surface area contributed by atoms with E-state index < -0.39 is 5.97 Å². The molecule has 0 spiro atoms. The molecule has 0 saturated heterocycles. The summed E-state index contributed by atoms with van der Waals surface area (Å²) < 4.78 is 0. The molecule has 0 unspecified atom stereocenters. The molecule has 0 amide bonds. The Morgan fingerprint density at radius 2 is 2.21 bits per heavy atom. The Bertz CT molecular complexity index is 358. The largest absolute Gasteiger partial charge is 0.478 e. The SMILES string of the molecule is CN(c1cccc(C(=O)O)c1)C1CC1. The maximum absolute atomic E-state index is 10.7. The lowest BCUT2D eigenvalue weighted by Gasteiger charge is -2.18. The fraction of sp³-hybridized carbons (Fsp3) is 0.364. The van der Waals surface area contributed by atoms with Crippen LogP contribution in [0.4, 0.5) is 5.69 Å². The number of nitrogens with zero attached hydrogens (tertiary/aromatic N) is 1. The molecule has 1 aromatic carbocycles. The third kappa shape index (κ3) is 1.71. The van der Waals surface area contributed by atoms with Crippen LogP contribution in [0, 0.1) is 0 Å². The minimum absolute atomic E-state index is 0.356. The third-order valence-corrected chi connectivity index (χ3v) is 2.59. The molecule has 14 heavy (non-hydrogen) atoms. The van der Waals surface area contributed by atoms with Gasteiger partial charge in [0, 0.05) is 18.8 Å². The average molecular weight is 191 g/mol. The lowest BCUT2D eigenvalue weighted by atomic mass is 10.2. The maximum atomic E-state index is 10.7. The highest BCUT2D eigenvalue weighted by Crippen LogP contribution is 2.30. The van der Waals surface area contributed by atoms with E-state index in [1.165, 1.54) is 12.8 Å². The van der Waals surface area contributed by atoms with Crippen LogP contribution in [-0.2, 0) is 0 Å². The summed E-state index contributed by atoms with van der Waals surface area (Å²) in [6.07, 6.45) is 2.43. The number of aromatic carboxylic acids is 1. The first-order valence-corrected chi connectivity index (χ1v) is 4.74. The Hall–Kier alpha value is -1.51. The molecule has 1 aliphatic carbocycles. The molecule has 1 fully saturated rings. The minimum Gasteiger partial charge on any atom is -0.478 e. The molecule has 3 nitrogen and oxygen atoms in total. The zero-order valence-electron chi connectivity index (χ0n) is 8.10. The van der Waals surface area contributed by atoms with Crippen molar-refractivity contribution in [1.29, 1.82) is 0 Å². The van der Waals surface area contributed by atoms with Gasteiger partial charge in [-0.15, -0.1) is 0 Å². The van der Waals surface area contributed by atoms with Crippen molar-refractivity contribution in [2.45, 2.75) is 18.9 Å². The Kier molecular flexibility index (Phi) is 2.15. The van der Waals surface area contributed by atoms with Crippen molar-refractivity contribution in [3.63, 3.8) is 0 Å². The van der Waals surface area contributed by atoms with Gasteiger partial charge in [0.2, 0.25) is 0 Å². The van der Waals surface area contributed by atoms with E-state index in [1.54, 1.807) is 18.2 Å². The van der Waals surface area contributed by atoms with Gasteiger partial charge in [-0.25, -0.2) is 4.79 Å².